The monoisotopic (exact) mass is 332 g/mol. The van der Waals surface area contributed by atoms with Crippen LogP contribution in [-0.4, -0.2) is 12.8 Å². The summed E-state index contributed by atoms with van der Waals surface area (Å²) >= 11 is 0. The number of hydrogen-bond acceptors (Lipinski definition) is 2. The maximum Gasteiger partial charge on any atom is 0.426 e. The summed E-state index contributed by atoms with van der Waals surface area (Å²) in [6.45, 7) is -0.570. The first-order chi connectivity index (χ1) is 10.8. The van der Waals surface area contributed by atoms with E-state index in [0.717, 1.165) is 12.1 Å². The Bertz CT molecular complexity index is 609. The zero-order chi connectivity index (χ0) is 16.9. The Hall–Kier alpha value is -2.31. The van der Waals surface area contributed by atoms with Gasteiger partial charge in [0.05, 0.1) is 18.6 Å². The molecule has 0 aliphatic heterocycles. The van der Waals surface area contributed by atoms with Crippen molar-refractivity contribution in [2.45, 2.75) is 18.7 Å². The Kier molecular flexibility index (Phi) is 5.08. The summed E-state index contributed by atoms with van der Waals surface area (Å²) in [5.74, 6) is 0.0801. The number of para-hydroxylation sites is 1. The lowest BCUT2D eigenvalue weighted by Gasteiger charge is -2.18. The number of benzene rings is 2. The van der Waals surface area contributed by atoms with Crippen molar-refractivity contribution in [1.82, 2.24) is 0 Å². The van der Waals surface area contributed by atoms with Gasteiger partial charge >= 0.3 is 12.3 Å². The van der Waals surface area contributed by atoms with Crippen LogP contribution in [-0.2, 0) is 6.11 Å². The fourth-order valence-corrected chi connectivity index (χ4v) is 1.73. The largest absolute Gasteiger partial charge is 0.493 e. The molecule has 124 valence electrons. The molecule has 2 aromatic rings. The Labute approximate surface area is 129 Å². The van der Waals surface area contributed by atoms with E-state index in [-0.39, 0.29) is 11.5 Å². The lowest BCUT2D eigenvalue weighted by molar-refractivity contribution is -0.185. The van der Waals surface area contributed by atoms with Gasteiger partial charge in [0.25, 0.3) is 0 Å². The zero-order valence-corrected chi connectivity index (χ0v) is 11.8. The van der Waals surface area contributed by atoms with Crippen LogP contribution in [0.2, 0.25) is 0 Å². The number of alkyl halides is 5. The summed E-state index contributed by atoms with van der Waals surface area (Å²) in [6.07, 6.45) is -9.00. The molecule has 2 rings (SSSR count). The molecule has 0 saturated heterocycles. The summed E-state index contributed by atoms with van der Waals surface area (Å²) in [5, 5.41) is 0. The smallest absolute Gasteiger partial charge is 0.426 e. The average molecular weight is 332 g/mol. The van der Waals surface area contributed by atoms with Gasteiger partial charge in [-0.25, -0.2) is 0 Å². The van der Waals surface area contributed by atoms with Crippen LogP contribution in [0, 0.1) is 0 Å². The first kappa shape index (κ1) is 17.1. The first-order valence-corrected chi connectivity index (χ1v) is 6.68. The van der Waals surface area contributed by atoms with Gasteiger partial charge in [0.15, 0.2) is 0 Å². The van der Waals surface area contributed by atoms with Crippen molar-refractivity contribution in [3.05, 3.63) is 60.2 Å². The fraction of sp³-hybridized carbons (Fsp3) is 0.250. The van der Waals surface area contributed by atoms with E-state index >= 15 is 0 Å². The molecular formula is C16H13F5O2. The van der Waals surface area contributed by atoms with Crippen LogP contribution in [0.4, 0.5) is 22.0 Å². The van der Waals surface area contributed by atoms with Crippen LogP contribution in [0.3, 0.4) is 0 Å². The molecule has 0 aliphatic carbocycles. The third-order valence-electron chi connectivity index (χ3n) is 2.83. The molecule has 23 heavy (non-hydrogen) atoms. The van der Waals surface area contributed by atoms with Gasteiger partial charge in [-0.2, -0.15) is 22.0 Å². The van der Waals surface area contributed by atoms with Crippen molar-refractivity contribution in [1.29, 1.82) is 0 Å². The van der Waals surface area contributed by atoms with E-state index in [9.17, 15) is 22.0 Å². The number of rotatable bonds is 6. The Morgan fingerprint density at radius 1 is 0.739 bits per heavy atom. The van der Waals surface area contributed by atoms with Crippen LogP contribution >= 0.6 is 0 Å². The van der Waals surface area contributed by atoms with Gasteiger partial charge in [-0.05, 0) is 36.4 Å². The van der Waals surface area contributed by atoms with E-state index in [0.29, 0.717) is 0 Å². The van der Waals surface area contributed by atoms with Crippen LogP contribution in [0.5, 0.6) is 11.5 Å². The van der Waals surface area contributed by atoms with Gasteiger partial charge in [0, 0.05) is 0 Å². The van der Waals surface area contributed by atoms with Crippen molar-refractivity contribution >= 4 is 0 Å². The quantitative estimate of drug-likeness (QED) is 0.682. The van der Waals surface area contributed by atoms with Crippen LogP contribution in [0.25, 0.3) is 0 Å². The van der Waals surface area contributed by atoms with Gasteiger partial charge < -0.3 is 9.47 Å². The lowest BCUT2D eigenvalue weighted by Crippen LogP contribution is -2.21. The van der Waals surface area contributed by atoms with E-state index in [2.05, 4.69) is 4.74 Å². The summed E-state index contributed by atoms with van der Waals surface area (Å²) in [7, 11) is 0. The molecule has 0 heterocycles. The summed E-state index contributed by atoms with van der Waals surface area (Å²) in [5.41, 5.74) is -0.426. The first-order valence-electron chi connectivity index (χ1n) is 6.68. The molecule has 0 aliphatic rings. The molecule has 0 atom stereocenters. The van der Waals surface area contributed by atoms with E-state index in [1.54, 1.807) is 18.2 Å². The Morgan fingerprint density at radius 3 is 1.91 bits per heavy atom. The third kappa shape index (κ3) is 5.43. The number of hydrogen-bond donors (Lipinski definition) is 0. The topological polar surface area (TPSA) is 18.5 Å². The van der Waals surface area contributed by atoms with Crippen molar-refractivity contribution in [2.24, 2.45) is 0 Å². The van der Waals surface area contributed by atoms with Gasteiger partial charge in [-0.3, -0.25) is 0 Å². The van der Waals surface area contributed by atoms with Crippen molar-refractivity contribution < 1.29 is 31.4 Å². The second-order valence-corrected chi connectivity index (χ2v) is 4.67. The fourth-order valence-electron chi connectivity index (χ4n) is 1.73. The van der Waals surface area contributed by atoms with Crippen LogP contribution in [0.15, 0.2) is 54.6 Å². The normalized spacial score (nSPS) is 12.0. The second kappa shape index (κ2) is 6.85. The number of halogens is 5. The van der Waals surface area contributed by atoms with E-state index in [1.165, 1.54) is 24.3 Å². The predicted octanol–water partition coefficient (Wildman–Crippen LogP) is 5.15. The highest BCUT2D eigenvalue weighted by Gasteiger charge is 2.34. The highest BCUT2D eigenvalue weighted by molar-refractivity contribution is 5.30. The highest BCUT2D eigenvalue weighted by Crippen LogP contribution is 2.32. The molecular weight excluding hydrogens is 319 g/mol. The second-order valence-electron chi connectivity index (χ2n) is 4.67. The lowest BCUT2D eigenvalue weighted by atomic mass is 10.2. The third-order valence-corrected chi connectivity index (χ3v) is 2.83. The average Bonchev–Trinajstić information content (AvgIpc) is 2.47. The maximum atomic E-state index is 14.0. The van der Waals surface area contributed by atoms with Crippen molar-refractivity contribution in [3.63, 3.8) is 0 Å². The minimum atomic E-state index is -4.32. The number of ether oxygens (including phenoxy) is 2. The predicted molar refractivity (Wildman–Crippen MR) is 73.6 cm³/mol. The highest BCUT2D eigenvalue weighted by atomic mass is 19.4. The van der Waals surface area contributed by atoms with E-state index < -0.39 is 30.9 Å². The molecule has 0 unspecified atom stereocenters. The standard InChI is InChI=1S/C16H13F5O2/c17-15(18,19)10-11-22-13-8-6-12(7-9-13)16(20,21)23-14-4-2-1-3-5-14/h1-9H,10-11H2. The molecule has 0 radical (unpaired) electrons. The van der Waals surface area contributed by atoms with Crippen molar-refractivity contribution in [3.8, 4) is 11.5 Å². The molecule has 0 aromatic heterocycles. The molecule has 0 amide bonds. The SMILES string of the molecule is FC(F)(F)CCOc1ccc(C(F)(F)Oc2ccccc2)cc1. The summed E-state index contributed by atoms with van der Waals surface area (Å²) in [6, 6.07) is 12.0. The molecule has 0 N–H and O–H groups in total. The molecule has 7 heteroatoms. The van der Waals surface area contributed by atoms with E-state index in [4.69, 9.17) is 4.74 Å². The molecule has 0 fully saturated rings. The molecule has 0 saturated carbocycles. The van der Waals surface area contributed by atoms with Gasteiger partial charge in [-0.1, -0.05) is 18.2 Å². The molecule has 0 bridgehead atoms. The molecule has 0 spiro atoms. The Balaban J connectivity index is 1.98. The molecule has 2 aromatic carbocycles. The maximum absolute atomic E-state index is 14.0. The summed E-state index contributed by atoms with van der Waals surface area (Å²) in [4.78, 5) is 0. The minimum absolute atomic E-state index is 0.00278. The van der Waals surface area contributed by atoms with Crippen molar-refractivity contribution in [2.75, 3.05) is 6.61 Å². The molecule has 2 nitrogen and oxygen atoms in total. The van der Waals surface area contributed by atoms with Gasteiger partial charge in [-0.15, -0.1) is 0 Å². The van der Waals surface area contributed by atoms with Gasteiger partial charge in [0.2, 0.25) is 0 Å². The Morgan fingerprint density at radius 2 is 1.35 bits per heavy atom. The van der Waals surface area contributed by atoms with Crippen LogP contribution in [0.1, 0.15) is 12.0 Å². The van der Waals surface area contributed by atoms with E-state index in [1.807, 2.05) is 0 Å². The van der Waals surface area contributed by atoms with Gasteiger partial charge in [0.1, 0.15) is 11.5 Å². The summed E-state index contributed by atoms with van der Waals surface area (Å²) < 4.78 is 73.4. The minimum Gasteiger partial charge on any atom is -0.493 e. The van der Waals surface area contributed by atoms with Crippen LogP contribution < -0.4 is 9.47 Å². The zero-order valence-electron chi connectivity index (χ0n) is 11.8.